The summed E-state index contributed by atoms with van der Waals surface area (Å²) in [4.78, 5) is 4.73. The zero-order valence-corrected chi connectivity index (χ0v) is 11.3. The van der Waals surface area contributed by atoms with Gasteiger partial charge < -0.3 is 4.90 Å². The average Bonchev–Trinajstić information content (AvgIpc) is 2.75. The summed E-state index contributed by atoms with van der Waals surface area (Å²) in [5.41, 5.74) is 0.693. The summed E-state index contributed by atoms with van der Waals surface area (Å²) in [6.07, 6.45) is 2.51. The maximum atomic E-state index is 14.0. The molecule has 0 amide bonds. The fourth-order valence-corrected chi connectivity index (χ4v) is 3.40. The van der Waals surface area contributed by atoms with E-state index in [2.05, 4.69) is 16.7 Å². The van der Waals surface area contributed by atoms with E-state index in [1.807, 2.05) is 0 Å². The van der Waals surface area contributed by atoms with E-state index in [0.29, 0.717) is 22.8 Å². The molecule has 2 nitrogen and oxygen atoms in total. The number of benzene rings is 1. The van der Waals surface area contributed by atoms with Gasteiger partial charge in [-0.15, -0.1) is 0 Å². The normalized spacial score (nSPS) is 28.5. The van der Waals surface area contributed by atoms with E-state index >= 15 is 0 Å². The molecule has 2 heterocycles. The lowest BCUT2D eigenvalue weighted by Crippen LogP contribution is -2.55. The lowest BCUT2D eigenvalue weighted by Gasteiger charge is -2.43. The summed E-state index contributed by atoms with van der Waals surface area (Å²) in [6, 6.07) is 5.93. The molecule has 1 aromatic carbocycles. The third-order valence-corrected chi connectivity index (χ3v) is 4.39. The van der Waals surface area contributed by atoms with Crippen molar-refractivity contribution in [1.29, 1.82) is 0 Å². The van der Waals surface area contributed by atoms with Crippen LogP contribution in [0.15, 0.2) is 18.2 Å². The van der Waals surface area contributed by atoms with Crippen LogP contribution in [0, 0.1) is 5.82 Å². The minimum atomic E-state index is -0.208. The fraction of sp³-hybridized carbons (Fsp3) is 0.571. The van der Waals surface area contributed by atoms with Gasteiger partial charge in [0.05, 0.1) is 5.69 Å². The topological polar surface area (TPSA) is 6.48 Å². The highest BCUT2D eigenvalue weighted by atomic mass is 35.5. The van der Waals surface area contributed by atoms with E-state index in [-0.39, 0.29) is 5.82 Å². The fourth-order valence-electron chi connectivity index (χ4n) is 3.24. The van der Waals surface area contributed by atoms with E-state index in [9.17, 15) is 4.39 Å². The highest BCUT2D eigenvalue weighted by Crippen LogP contribution is 2.31. The molecule has 2 aliphatic rings. The van der Waals surface area contributed by atoms with Crippen LogP contribution in [0.4, 0.5) is 10.1 Å². The molecule has 0 bridgehead atoms. The van der Waals surface area contributed by atoms with Gasteiger partial charge in [-0.3, -0.25) is 4.90 Å². The maximum Gasteiger partial charge on any atom is 0.147 e. The molecule has 98 valence electrons. The van der Waals surface area contributed by atoms with E-state index in [1.165, 1.54) is 25.5 Å². The standard InChI is InChI=1S/C14H18ClFN2/c1-10-8-17-6-2-3-12(17)9-18(10)14-5-4-11(15)7-13(14)16/h4-5,7,10,12H,2-3,6,8-9H2,1H3. The minimum absolute atomic E-state index is 0.208. The van der Waals surface area contributed by atoms with Crippen LogP contribution in [0.5, 0.6) is 0 Å². The third kappa shape index (κ3) is 2.10. The van der Waals surface area contributed by atoms with Crippen molar-refractivity contribution in [2.75, 3.05) is 24.5 Å². The van der Waals surface area contributed by atoms with Crippen LogP contribution in [0.2, 0.25) is 5.02 Å². The van der Waals surface area contributed by atoms with Crippen LogP contribution >= 0.6 is 11.6 Å². The summed E-state index contributed by atoms with van der Waals surface area (Å²) in [6.45, 7) is 5.33. The van der Waals surface area contributed by atoms with E-state index in [0.717, 1.165) is 13.1 Å². The van der Waals surface area contributed by atoms with E-state index < -0.39 is 0 Å². The first-order chi connectivity index (χ1) is 8.65. The summed E-state index contributed by atoms with van der Waals surface area (Å²) < 4.78 is 14.0. The highest BCUT2D eigenvalue weighted by Gasteiger charge is 2.35. The van der Waals surface area contributed by atoms with E-state index in [4.69, 9.17) is 11.6 Å². The van der Waals surface area contributed by atoms with Gasteiger partial charge in [0, 0.05) is 30.2 Å². The minimum Gasteiger partial charge on any atom is -0.364 e. The molecule has 2 saturated heterocycles. The number of nitrogens with zero attached hydrogens (tertiary/aromatic N) is 2. The van der Waals surface area contributed by atoms with E-state index in [1.54, 1.807) is 12.1 Å². The number of fused-ring (bicyclic) bond motifs is 1. The van der Waals surface area contributed by atoms with Crippen LogP contribution in [-0.4, -0.2) is 36.6 Å². The largest absolute Gasteiger partial charge is 0.364 e. The van der Waals surface area contributed by atoms with Gasteiger partial charge in [-0.05, 0) is 44.5 Å². The number of anilines is 1. The predicted molar refractivity (Wildman–Crippen MR) is 72.8 cm³/mol. The molecule has 0 saturated carbocycles. The Morgan fingerprint density at radius 3 is 2.94 bits per heavy atom. The Bertz CT molecular complexity index is 451. The summed E-state index contributed by atoms with van der Waals surface area (Å²) in [5, 5.41) is 0.461. The van der Waals surface area contributed by atoms with Crippen LogP contribution in [-0.2, 0) is 0 Å². The van der Waals surface area contributed by atoms with Gasteiger partial charge in [0.2, 0.25) is 0 Å². The molecule has 0 aliphatic carbocycles. The molecule has 3 rings (SSSR count). The van der Waals surface area contributed by atoms with Crippen molar-refractivity contribution in [2.24, 2.45) is 0 Å². The molecule has 2 unspecified atom stereocenters. The van der Waals surface area contributed by atoms with Gasteiger partial charge in [0.1, 0.15) is 5.82 Å². The lowest BCUT2D eigenvalue weighted by atomic mass is 10.1. The van der Waals surface area contributed by atoms with Crippen molar-refractivity contribution in [2.45, 2.75) is 31.8 Å². The summed E-state index contributed by atoms with van der Waals surface area (Å²) in [7, 11) is 0. The Morgan fingerprint density at radius 2 is 2.17 bits per heavy atom. The number of hydrogen-bond donors (Lipinski definition) is 0. The van der Waals surface area contributed by atoms with Crippen molar-refractivity contribution in [1.82, 2.24) is 4.90 Å². The second-order valence-corrected chi connectivity index (χ2v) is 5.82. The zero-order chi connectivity index (χ0) is 12.7. The first-order valence-corrected chi connectivity index (χ1v) is 6.98. The van der Waals surface area contributed by atoms with Crippen molar-refractivity contribution in [3.05, 3.63) is 29.0 Å². The van der Waals surface area contributed by atoms with Gasteiger partial charge >= 0.3 is 0 Å². The van der Waals surface area contributed by atoms with Crippen LogP contribution < -0.4 is 4.90 Å². The molecule has 2 atom stereocenters. The Hall–Kier alpha value is -0.800. The predicted octanol–water partition coefficient (Wildman–Crippen LogP) is 3.15. The number of halogens is 2. The third-order valence-electron chi connectivity index (χ3n) is 4.16. The van der Waals surface area contributed by atoms with Crippen molar-refractivity contribution in [3.8, 4) is 0 Å². The molecular formula is C14H18ClFN2. The molecule has 0 aromatic heterocycles. The molecule has 0 spiro atoms. The van der Waals surface area contributed by atoms with Gasteiger partial charge in [-0.2, -0.15) is 0 Å². The van der Waals surface area contributed by atoms with Crippen molar-refractivity contribution >= 4 is 17.3 Å². The smallest absolute Gasteiger partial charge is 0.147 e. The van der Waals surface area contributed by atoms with Gasteiger partial charge in [-0.25, -0.2) is 4.39 Å². The molecule has 2 fully saturated rings. The molecule has 18 heavy (non-hydrogen) atoms. The monoisotopic (exact) mass is 268 g/mol. The van der Waals surface area contributed by atoms with Gasteiger partial charge in [0.25, 0.3) is 0 Å². The second-order valence-electron chi connectivity index (χ2n) is 5.39. The molecule has 4 heteroatoms. The quantitative estimate of drug-likeness (QED) is 0.772. The molecule has 1 aromatic rings. The molecule has 0 N–H and O–H groups in total. The molecular weight excluding hydrogens is 251 g/mol. The summed E-state index contributed by atoms with van der Waals surface area (Å²) >= 11 is 5.81. The molecule has 0 radical (unpaired) electrons. The van der Waals surface area contributed by atoms with Crippen molar-refractivity contribution < 1.29 is 4.39 Å². The second kappa shape index (κ2) is 4.71. The highest BCUT2D eigenvalue weighted by molar-refractivity contribution is 6.30. The van der Waals surface area contributed by atoms with Crippen molar-refractivity contribution in [3.63, 3.8) is 0 Å². The average molecular weight is 269 g/mol. The molecule has 2 aliphatic heterocycles. The first-order valence-electron chi connectivity index (χ1n) is 6.61. The number of piperazine rings is 1. The van der Waals surface area contributed by atoms with Crippen LogP contribution in [0.25, 0.3) is 0 Å². The maximum absolute atomic E-state index is 14.0. The summed E-state index contributed by atoms with van der Waals surface area (Å²) in [5.74, 6) is -0.208. The number of rotatable bonds is 1. The Kier molecular flexibility index (Phi) is 3.20. The SMILES string of the molecule is CC1CN2CCCC2CN1c1ccc(Cl)cc1F. The Balaban J connectivity index is 1.86. The Morgan fingerprint density at radius 1 is 1.33 bits per heavy atom. The van der Waals surface area contributed by atoms with Crippen LogP contribution in [0.3, 0.4) is 0 Å². The van der Waals surface area contributed by atoms with Crippen LogP contribution in [0.1, 0.15) is 19.8 Å². The van der Waals surface area contributed by atoms with Gasteiger partial charge in [-0.1, -0.05) is 11.6 Å². The van der Waals surface area contributed by atoms with Gasteiger partial charge in [0.15, 0.2) is 0 Å². The zero-order valence-electron chi connectivity index (χ0n) is 10.6. The first kappa shape index (κ1) is 12.2. The lowest BCUT2D eigenvalue weighted by molar-refractivity contribution is 0.202. The Labute approximate surface area is 112 Å². The number of hydrogen-bond acceptors (Lipinski definition) is 2.